The zero-order chi connectivity index (χ0) is 68.9. The van der Waals surface area contributed by atoms with Gasteiger partial charge in [-0.25, -0.2) is 0 Å². The second-order valence-electron chi connectivity index (χ2n) is 26.5. The van der Waals surface area contributed by atoms with Gasteiger partial charge in [-0.2, -0.15) is 0 Å². The Balaban J connectivity index is 0.000000114. The smallest absolute Gasteiger partial charge is 0.537 e. The maximum absolute atomic E-state index is 9.42. The molecule has 0 fully saturated rings. The van der Waals surface area contributed by atoms with Gasteiger partial charge in [0.2, 0.25) is 0 Å². The third-order valence-corrected chi connectivity index (χ3v) is 21.2. The van der Waals surface area contributed by atoms with E-state index < -0.39 is 0 Å². The Morgan fingerprint density at radius 3 is 1.03 bits per heavy atom. The molecule has 0 aliphatic carbocycles. The van der Waals surface area contributed by atoms with Crippen LogP contribution < -0.4 is 4.65 Å². The molecule has 0 saturated heterocycles. The van der Waals surface area contributed by atoms with Crippen molar-refractivity contribution >= 4 is 176 Å². The van der Waals surface area contributed by atoms with E-state index in [1.807, 2.05) is 84.9 Å². The molecule has 1 N–H and O–H groups in total. The molecule has 487 valence electrons. The fourth-order valence-corrected chi connectivity index (χ4v) is 16.5. The first-order valence-electron chi connectivity index (χ1n) is 34.8. The molecule has 18 aromatic carbocycles. The van der Waals surface area contributed by atoms with E-state index in [0.717, 1.165) is 138 Å². The molecule has 1 radical (unpaired) electrons. The van der Waals surface area contributed by atoms with Gasteiger partial charge in [-0.05, 0) is 175 Å². The average Bonchev–Trinajstić information content (AvgIpc) is 1.43. The Morgan fingerprint density at radius 1 is 0.240 bits per heavy atom. The molecule has 0 aliphatic heterocycles. The second-order valence-corrected chi connectivity index (χ2v) is 27.3. The lowest BCUT2D eigenvalue weighted by Gasteiger charge is -2.18. The molecule has 0 saturated carbocycles. The molecule has 4 aromatic heterocycles. The van der Waals surface area contributed by atoms with Crippen LogP contribution in [0.5, 0.6) is 5.75 Å². The molecule has 22 aromatic rings. The highest BCUT2D eigenvalue weighted by molar-refractivity contribution is 9.10. The van der Waals surface area contributed by atoms with Gasteiger partial charge in [0.15, 0.2) is 5.58 Å². The summed E-state index contributed by atoms with van der Waals surface area (Å²) in [6, 6.07) is 119. The molecule has 6 nitrogen and oxygen atoms in total. The summed E-state index contributed by atoms with van der Waals surface area (Å²) < 4.78 is 32.0. The maximum Gasteiger partial charge on any atom is 0.569 e. The molecule has 0 aliphatic rings. The normalized spacial score (nSPS) is 11.8. The van der Waals surface area contributed by atoms with Crippen molar-refractivity contribution in [3.8, 4) is 61.4 Å². The first kappa shape index (κ1) is 60.9. The van der Waals surface area contributed by atoms with Crippen LogP contribution in [-0.2, 0) is 0 Å². The minimum atomic E-state index is 0.665. The molecule has 0 atom stereocenters. The monoisotopic (exact) mass is 1400 g/mol. The summed E-state index contributed by atoms with van der Waals surface area (Å²) in [5.41, 5.74) is 18.7. The quantitative estimate of drug-likeness (QED) is 0.126. The highest BCUT2D eigenvalue weighted by atomic mass is 79.9. The number of furan rings is 4. The predicted octanol–water partition coefficient (Wildman–Crippen LogP) is 27.6. The number of hydrogen-bond donors (Lipinski definition) is 1. The standard InChI is InChI=1S/C48H28O2.C30H20BO2.C18H9BrO2/c1-2-13-30-26-32(25-24-29(30)12-1)31-14-11-15-33(27-31)44-35-17-3-5-19-37(35)45(38-20-6-4-18-36(38)44)41-28-40-34-16-7-9-22-42(34)49-47(40)46-39-21-8-10-23-43(39)50-48(41)46;32-31-33-30-27-14-5-3-12-25(27)29(26-13-4-6-15-28(26)30)24-11-7-10-22(19-24)23-17-16-20-8-1-2-9-21(20)18-23;19-13-9-12-10-5-1-3-7-14(10)20-17(12)16-11-6-2-4-8-15(11)21-18(13)16/h1-28H;1-19,32H;1-9H. The molecule has 104 heavy (non-hydrogen) atoms. The zero-order valence-corrected chi connectivity index (χ0v) is 57.4. The summed E-state index contributed by atoms with van der Waals surface area (Å²) in [7, 11) is 0.758. The fraction of sp³-hybridized carbons (Fsp3) is 0. The average molecular weight is 1400 g/mol. The molecule has 0 amide bonds. The number of benzene rings is 18. The minimum Gasteiger partial charge on any atom is -0.537 e. The van der Waals surface area contributed by atoms with Crippen molar-refractivity contribution in [2.24, 2.45) is 0 Å². The topological polar surface area (TPSA) is 82.0 Å². The van der Waals surface area contributed by atoms with Crippen molar-refractivity contribution in [2.45, 2.75) is 0 Å². The molecule has 0 bridgehead atoms. The van der Waals surface area contributed by atoms with Gasteiger partial charge in [-0.3, -0.25) is 0 Å². The van der Waals surface area contributed by atoms with E-state index in [4.69, 9.17) is 22.3 Å². The van der Waals surface area contributed by atoms with Crippen LogP contribution in [0.3, 0.4) is 0 Å². The Morgan fingerprint density at radius 2 is 0.567 bits per heavy atom. The van der Waals surface area contributed by atoms with E-state index in [-0.39, 0.29) is 0 Å². The Labute approximate surface area is 604 Å². The van der Waals surface area contributed by atoms with Crippen LogP contribution in [0.1, 0.15) is 0 Å². The van der Waals surface area contributed by atoms with E-state index in [1.165, 1.54) is 82.0 Å². The van der Waals surface area contributed by atoms with E-state index >= 15 is 0 Å². The number of rotatable bonds is 7. The summed E-state index contributed by atoms with van der Waals surface area (Å²) in [5.74, 6) is 0.665. The molecule has 0 spiro atoms. The van der Waals surface area contributed by atoms with Crippen LogP contribution in [0.15, 0.2) is 362 Å². The largest absolute Gasteiger partial charge is 0.569 e. The van der Waals surface area contributed by atoms with Crippen molar-refractivity contribution in [1.82, 2.24) is 0 Å². The minimum absolute atomic E-state index is 0.665. The predicted molar refractivity (Wildman–Crippen MR) is 437 cm³/mol. The van der Waals surface area contributed by atoms with Crippen molar-refractivity contribution in [3.05, 3.63) is 344 Å². The van der Waals surface area contributed by atoms with Crippen molar-refractivity contribution in [3.63, 3.8) is 0 Å². The molecule has 4 heterocycles. The summed E-state index contributed by atoms with van der Waals surface area (Å²) >= 11 is 3.63. The lowest BCUT2D eigenvalue weighted by molar-refractivity contribution is 0.459. The number of para-hydroxylation sites is 4. The fourth-order valence-electron chi connectivity index (χ4n) is 16.0. The molecular formula is C96H57BBrO6. The molecule has 0 unspecified atom stereocenters. The highest BCUT2D eigenvalue weighted by Gasteiger charge is 2.26. The summed E-state index contributed by atoms with van der Waals surface area (Å²) in [5, 5.41) is 31.9. The third-order valence-electron chi connectivity index (χ3n) is 20.7. The van der Waals surface area contributed by atoms with Gasteiger partial charge in [0.05, 0.1) is 15.2 Å². The lowest BCUT2D eigenvalue weighted by atomic mass is 9.84. The van der Waals surface area contributed by atoms with Crippen molar-refractivity contribution < 1.29 is 27.3 Å². The first-order chi connectivity index (χ1) is 51.5. The number of fused-ring (bicyclic) bond motifs is 20. The Kier molecular flexibility index (Phi) is 14.6. The van der Waals surface area contributed by atoms with E-state index in [0.29, 0.717) is 5.75 Å². The van der Waals surface area contributed by atoms with Gasteiger partial charge < -0.3 is 27.3 Å². The lowest BCUT2D eigenvalue weighted by Crippen LogP contribution is -2.02. The van der Waals surface area contributed by atoms with Gasteiger partial charge in [0.25, 0.3) is 0 Å². The van der Waals surface area contributed by atoms with Crippen LogP contribution in [0.2, 0.25) is 0 Å². The van der Waals surface area contributed by atoms with E-state index in [2.05, 4.69) is 271 Å². The number of halogens is 1. The summed E-state index contributed by atoms with van der Waals surface area (Å²) in [4.78, 5) is 0. The maximum atomic E-state index is 9.42. The van der Waals surface area contributed by atoms with E-state index in [9.17, 15) is 5.02 Å². The molecule has 8 heteroatoms. The first-order valence-corrected chi connectivity index (χ1v) is 35.6. The summed E-state index contributed by atoms with van der Waals surface area (Å²) in [6.07, 6.45) is 0. The van der Waals surface area contributed by atoms with Crippen molar-refractivity contribution in [1.29, 1.82) is 0 Å². The van der Waals surface area contributed by atoms with Gasteiger partial charge in [0, 0.05) is 54.2 Å². The van der Waals surface area contributed by atoms with Gasteiger partial charge in [-0.1, -0.05) is 279 Å². The Hall–Kier alpha value is -13.0. The highest BCUT2D eigenvalue weighted by Crippen LogP contribution is 2.51. The van der Waals surface area contributed by atoms with E-state index in [1.54, 1.807) is 0 Å². The van der Waals surface area contributed by atoms with Crippen LogP contribution in [0.4, 0.5) is 0 Å². The third kappa shape index (κ3) is 10.0. The Bertz CT molecular complexity index is 7120. The number of hydrogen-bond acceptors (Lipinski definition) is 6. The molecular weight excluding hydrogens is 1340 g/mol. The SMILES string of the molecule is Brc1cc2c3ccccc3oc2c2c1oc1ccccc12.O[B]Oc1c2ccccc2c(-c2cccc(-c3ccc4ccccc4c3)c2)c2ccccc12.c1cc(-c2ccc3ccccc3c2)cc(-c2c3ccccc3c(-c3cc4c5ccccc5oc4c4c3oc3ccccc34)c3ccccc23)c1. The van der Waals surface area contributed by atoms with Crippen molar-refractivity contribution in [2.75, 3.05) is 0 Å². The zero-order valence-electron chi connectivity index (χ0n) is 55.8. The second kappa shape index (κ2) is 25.0. The van der Waals surface area contributed by atoms with Crippen LogP contribution in [-0.4, -0.2) is 12.7 Å². The van der Waals surface area contributed by atoms with Crippen LogP contribution >= 0.6 is 15.9 Å². The van der Waals surface area contributed by atoms with Crippen LogP contribution in [0, 0.1) is 0 Å². The van der Waals surface area contributed by atoms with Gasteiger partial charge in [-0.15, -0.1) is 0 Å². The molecule has 22 rings (SSSR count). The van der Waals surface area contributed by atoms with Gasteiger partial charge in [0.1, 0.15) is 44.8 Å². The summed E-state index contributed by atoms with van der Waals surface area (Å²) in [6.45, 7) is 0. The van der Waals surface area contributed by atoms with Crippen LogP contribution in [0.25, 0.3) is 208 Å². The van der Waals surface area contributed by atoms with Gasteiger partial charge >= 0.3 is 7.69 Å².